The molecule has 3 rings (SSSR count). The molecule has 0 bridgehead atoms. The van der Waals surface area contributed by atoms with Gasteiger partial charge in [-0.3, -0.25) is 10.1 Å². The zero-order valence-electron chi connectivity index (χ0n) is 15.4. The van der Waals surface area contributed by atoms with Crippen LogP contribution in [0.1, 0.15) is 42.4 Å². The number of hydrogen-bond acceptors (Lipinski definition) is 5. The van der Waals surface area contributed by atoms with E-state index in [9.17, 15) is 9.59 Å². The van der Waals surface area contributed by atoms with E-state index in [-0.39, 0.29) is 5.91 Å². The minimum atomic E-state index is -0.432. The molecule has 1 heterocycles. The summed E-state index contributed by atoms with van der Waals surface area (Å²) in [6.07, 6.45) is 0.785. The second kappa shape index (κ2) is 8.14. The van der Waals surface area contributed by atoms with Gasteiger partial charge in [0.05, 0.1) is 18.4 Å². The molecule has 1 aromatic heterocycles. The number of rotatable bonds is 5. The van der Waals surface area contributed by atoms with Gasteiger partial charge in [-0.15, -0.1) is 11.3 Å². The molecule has 0 aliphatic carbocycles. The van der Waals surface area contributed by atoms with E-state index in [0.29, 0.717) is 16.3 Å². The Labute approximate surface area is 162 Å². The molecule has 138 valence electrons. The van der Waals surface area contributed by atoms with E-state index in [4.69, 9.17) is 0 Å². The van der Waals surface area contributed by atoms with Crippen molar-refractivity contribution in [3.63, 3.8) is 0 Å². The van der Waals surface area contributed by atoms with E-state index in [2.05, 4.69) is 46.2 Å². The molecular formula is C21H20N2O3S. The first-order valence-electron chi connectivity index (χ1n) is 8.48. The fourth-order valence-corrected chi connectivity index (χ4v) is 3.57. The molecule has 0 radical (unpaired) electrons. The van der Waals surface area contributed by atoms with Gasteiger partial charge < -0.3 is 4.74 Å². The number of ether oxygens (including phenoxy) is 1. The number of nitrogens with one attached hydrogen (secondary N) is 1. The van der Waals surface area contributed by atoms with Crippen LogP contribution in [0.15, 0.2) is 48.5 Å². The molecule has 1 N–H and O–H groups in total. The standard InChI is InChI=1S/C21H20N2O3S/c1-13-4-6-15(7-5-13)12-18-14(2)22-21(27-18)23-19(24)16-8-10-17(11-9-16)20(25)26-3/h4-11H,12H2,1-3H3,(H,22,23,24). The smallest absolute Gasteiger partial charge is 0.337 e. The Morgan fingerprint density at radius 1 is 1.00 bits per heavy atom. The van der Waals surface area contributed by atoms with E-state index >= 15 is 0 Å². The molecule has 3 aromatic rings. The first-order chi connectivity index (χ1) is 13.0. The van der Waals surface area contributed by atoms with Crippen LogP contribution in [0.3, 0.4) is 0 Å². The summed E-state index contributed by atoms with van der Waals surface area (Å²) in [4.78, 5) is 29.5. The van der Waals surface area contributed by atoms with Crippen molar-refractivity contribution in [2.75, 3.05) is 12.4 Å². The maximum Gasteiger partial charge on any atom is 0.337 e. The lowest BCUT2D eigenvalue weighted by Gasteiger charge is -2.03. The number of anilines is 1. The van der Waals surface area contributed by atoms with E-state index in [1.54, 1.807) is 24.3 Å². The van der Waals surface area contributed by atoms with Crippen molar-refractivity contribution in [1.29, 1.82) is 0 Å². The Morgan fingerprint density at radius 3 is 2.26 bits per heavy atom. The summed E-state index contributed by atoms with van der Waals surface area (Å²) in [5.74, 6) is -0.694. The van der Waals surface area contributed by atoms with Crippen LogP contribution in [0.25, 0.3) is 0 Å². The van der Waals surface area contributed by atoms with Crippen molar-refractivity contribution in [2.45, 2.75) is 20.3 Å². The minimum absolute atomic E-state index is 0.262. The van der Waals surface area contributed by atoms with Crippen LogP contribution < -0.4 is 5.32 Å². The first-order valence-corrected chi connectivity index (χ1v) is 9.29. The highest BCUT2D eigenvalue weighted by Gasteiger charge is 2.13. The highest BCUT2D eigenvalue weighted by Crippen LogP contribution is 2.26. The number of hydrogen-bond donors (Lipinski definition) is 1. The van der Waals surface area contributed by atoms with Crippen LogP contribution in [-0.4, -0.2) is 24.0 Å². The fourth-order valence-electron chi connectivity index (χ4n) is 2.58. The van der Waals surface area contributed by atoms with Gasteiger partial charge in [0.1, 0.15) is 0 Å². The number of thiazole rings is 1. The molecule has 0 atom stereocenters. The molecule has 5 nitrogen and oxygen atoms in total. The maximum atomic E-state index is 12.4. The van der Waals surface area contributed by atoms with Crippen LogP contribution in [-0.2, 0) is 11.2 Å². The normalized spacial score (nSPS) is 10.5. The molecular weight excluding hydrogens is 360 g/mol. The Kier molecular flexibility index (Phi) is 5.66. The zero-order valence-corrected chi connectivity index (χ0v) is 16.2. The lowest BCUT2D eigenvalue weighted by Crippen LogP contribution is -2.12. The largest absolute Gasteiger partial charge is 0.465 e. The molecule has 0 unspecified atom stereocenters. The number of aryl methyl sites for hydroxylation is 2. The topological polar surface area (TPSA) is 68.3 Å². The van der Waals surface area contributed by atoms with E-state index in [1.807, 2.05) is 6.92 Å². The third-order valence-corrected chi connectivity index (χ3v) is 5.24. The second-order valence-electron chi connectivity index (χ2n) is 6.21. The molecule has 2 aromatic carbocycles. The highest BCUT2D eigenvalue weighted by atomic mass is 32.1. The average Bonchev–Trinajstić information content (AvgIpc) is 3.01. The molecule has 0 saturated carbocycles. The van der Waals surface area contributed by atoms with Gasteiger partial charge in [-0.1, -0.05) is 29.8 Å². The predicted molar refractivity (Wildman–Crippen MR) is 107 cm³/mol. The van der Waals surface area contributed by atoms with Gasteiger partial charge in [-0.25, -0.2) is 9.78 Å². The van der Waals surface area contributed by atoms with Crippen LogP contribution in [0.4, 0.5) is 5.13 Å². The Balaban J connectivity index is 1.69. The molecule has 0 aliphatic rings. The monoisotopic (exact) mass is 380 g/mol. The SMILES string of the molecule is COC(=O)c1ccc(C(=O)Nc2nc(C)c(Cc3ccc(C)cc3)s2)cc1. The summed E-state index contributed by atoms with van der Waals surface area (Å²) in [5, 5.41) is 3.40. The summed E-state index contributed by atoms with van der Waals surface area (Å²) < 4.78 is 4.66. The van der Waals surface area contributed by atoms with Crippen molar-refractivity contribution in [3.8, 4) is 0 Å². The lowest BCUT2D eigenvalue weighted by molar-refractivity contribution is 0.0600. The molecule has 0 fully saturated rings. The van der Waals surface area contributed by atoms with Gasteiger partial charge >= 0.3 is 5.97 Å². The van der Waals surface area contributed by atoms with Gasteiger partial charge in [0.2, 0.25) is 0 Å². The molecule has 1 amide bonds. The summed E-state index contributed by atoms with van der Waals surface area (Å²) in [5.41, 5.74) is 4.21. The van der Waals surface area contributed by atoms with Crippen LogP contribution in [0, 0.1) is 13.8 Å². The molecule has 0 saturated heterocycles. The maximum absolute atomic E-state index is 12.4. The number of carbonyl (C=O) groups is 2. The summed E-state index contributed by atoms with van der Waals surface area (Å²) in [6, 6.07) is 14.7. The minimum Gasteiger partial charge on any atom is -0.465 e. The summed E-state index contributed by atoms with van der Waals surface area (Å²) >= 11 is 1.48. The first kappa shape index (κ1) is 18.8. The number of aromatic nitrogens is 1. The average molecular weight is 380 g/mol. The molecule has 27 heavy (non-hydrogen) atoms. The van der Waals surface area contributed by atoms with Gasteiger partial charge in [0.25, 0.3) is 5.91 Å². The van der Waals surface area contributed by atoms with Crippen LogP contribution in [0.5, 0.6) is 0 Å². The number of amides is 1. The summed E-state index contributed by atoms with van der Waals surface area (Å²) in [7, 11) is 1.32. The Morgan fingerprint density at radius 2 is 1.63 bits per heavy atom. The van der Waals surface area contributed by atoms with Crippen molar-refractivity contribution < 1.29 is 14.3 Å². The van der Waals surface area contributed by atoms with E-state index in [0.717, 1.165) is 17.0 Å². The number of esters is 1. The van der Waals surface area contributed by atoms with Gasteiger partial charge in [0, 0.05) is 16.9 Å². The zero-order chi connectivity index (χ0) is 19.4. The molecule has 0 aliphatic heterocycles. The van der Waals surface area contributed by atoms with Gasteiger partial charge in [-0.2, -0.15) is 0 Å². The van der Waals surface area contributed by atoms with Crippen LogP contribution in [0.2, 0.25) is 0 Å². The second-order valence-corrected chi connectivity index (χ2v) is 7.30. The Hall–Kier alpha value is -2.99. The van der Waals surface area contributed by atoms with Gasteiger partial charge in [-0.05, 0) is 43.7 Å². The van der Waals surface area contributed by atoms with Crippen molar-refractivity contribution in [1.82, 2.24) is 4.98 Å². The van der Waals surface area contributed by atoms with E-state index in [1.165, 1.54) is 29.6 Å². The number of carbonyl (C=O) groups excluding carboxylic acids is 2. The highest BCUT2D eigenvalue weighted by molar-refractivity contribution is 7.15. The molecule has 6 heteroatoms. The third-order valence-electron chi connectivity index (χ3n) is 4.17. The van der Waals surface area contributed by atoms with Crippen LogP contribution >= 0.6 is 11.3 Å². The third kappa shape index (κ3) is 4.60. The quantitative estimate of drug-likeness (QED) is 0.667. The van der Waals surface area contributed by atoms with Crippen molar-refractivity contribution in [3.05, 3.63) is 81.4 Å². The molecule has 0 spiro atoms. The number of benzene rings is 2. The predicted octanol–water partition coefficient (Wildman–Crippen LogP) is 4.39. The number of methoxy groups -OCH3 is 1. The van der Waals surface area contributed by atoms with Crippen molar-refractivity contribution in [2.24, 2.45) is 0 Å². The lowest BCUT2D eigenvalue weighted by atomic mass is 10.1. The Bertz CT molecular complexity index is 960. The van der Waals surface area contributed by atoms with E-state index < -0.39 is 5.97 Å². The number of nitrogens with zero attached hydrogens (tertiary/aromatic N) is 1. The summed E-state index contributed by atoms with van der Waals surface area (Å²) in [6.45, 7) is 4.01. The van der Waals surface area contributed by atoms with Gasteiger partial charge in [0.15, 0.2) is 5.13 Å². The van der Waals surface area contributed by atoms with Crippen molar-refractivity contribution >= 4 is 28.3 Å². The fraction of sp³-hybridized carbons (Fsp3) is 0.190.